The van der Waals surface area contributed by atoms with Crippen molar-refractivity contribution in [2.24, 2.45) is 0 Å². The third-order valence-corrected chi connectivity index (χ3v) is 3.60. The highest BCUT2D eigenvalue weighted by molar-refractivity contribution is 7.96. The van der Waals surface area contributed by atoms with Crippen LogP contribution in [-0.4, -0.2) is 47.7 Å². The number of rotatable bonds is 1. The number of piperidine rings is 1. The van der Waals surface area contributed by atoms with Gasteiger partial charge in [-0.1, -0.05) is 11.9 Å². The molecule has 0 aromatic carbocycles. The van der Waals surface area contributed by atoms with Gasteiger partial charge in [0.25, 0.3) is 0 Å². The van der Waals surface area contributed by atoms with Crippen LogP contribution < -0.4 is 0 Å². The van der Waals surface area contributed by atoms with Crippen LogP contribution >= 0.6 is 11.9 Å². The lowest BCUT2D eigenvalue weighted by Crippen LogP contribution is -2.65. The summed E-state index contributed by atoms with van der Waals surface area (Å²) >= 11 is 1.89. The molecule has 2 unspecified atom stereocenters. The largest absolute Gasteiger partial charge is 0.298 e. The zero-order chi connectivity index (χ0) is 7.14. The molecule has 0 N–H and O–H groups in total. The molecule has 3 heterocycles. The Hall–Kier alpha value is 0.270. The van der Waals surface area contributed by atoms with Crippen molar-refractivity contribution in [2.75, 3.05) is 26.4 Å². The molecule has 0 aromatic rings. The normalized spacial score (nSPS) is 41.4. The standard InChI is InChI=1S/C7H14N2S/c1-8-6-3-7(8)5-9(4-6)10-2/h6-7H,3-5H2,1-2H3. The lowest BCUT2D eigenvalue weighted by atomic mass is 9.90. The van der Waals surface area contributed by atoms with Gasteiger partial charge in [0.1, 0.15) is 0 Å². The predicted octanol–water partition coefficient (Wildman–Crippen LogP) is 0.653. The van der Waals surface area contributed by atoms with Crippen molar-refractivity contribution in [3.05, 3.63) is 0 Å². The number of likely N-dealkylation sites (N-methyl/N-ethyl adjacent to an activating group) is 1. The van der Waals surface area contributed by atoms with Crippen molar-refractivity contribution >= 4 is 11.9 Å². The van der Waals surface area contributed by atoms with Crippen LogP contribution in [0.5, 0.6) is 0 Å². The van der Waals surface area contributed by atoms with Crippen LogP contribution in [0.3, 0.4) is 0 Å². The fraction of sp³-hybridized carbons (Fsp3) is 1.00. The van der Waals surface area contributed by atoms with Gasteiger partial charge < -0.3 is 0 Å². The van der Waals surface area contributed by atoms with Crippen LogP contribution in [0.25, 0.3) is 0 Å². The van der Waals surface area contributed by atoms with Gasteiger partial charge in [-0.05, 0) is 19.7 Å². The van der Waals surface area contributed by atoms with E-state index >= 15 is 0 Å². The van der Waals surface area contributed by atoms with Gasteiger partial charge in [0, 0.05) is 25.2 Å². The number of piperazine rings is 1. The number of hydrogen-bond donors (Lipinski definition) is 0. The Balaban J connectivity index is 1.93. The third-order valence-electron chi connectivity index (χ3n) is 2.78. The van der Waals surface area contributed by atoms with Gasteiger partial charge in [-0.2, -0.15) is 0 Å². The fourth-order valence-electron chi connectivity index (χ4n) is 1.91. The molecule has 0 aliphatic carbocycles. The first-order valence-electron chi connectivity index (χ1n) is 3.82. The van der Waals surface area contributed by atoms with E-state index in [0.29, 0.717) is 0 Å². The highest BCUT2D eigenvalue weighted by Gasteiger charge is 2.41. The highest BCUT2D eigenvalue weighted by Crippen LogP contribution is 2.32. The SMILES string of the molecule is CSN1CC2CC(C1)N2C. The quantitative estimate of drug-likeness (QED) is 0.517. The predicted molar refractivity (Wildman–Crippen MR) is 45.0 cm³/mol. The molecule has 3 rings (SSSR count). The molecule has 10 heavy (non-hydrogen) atoms. The Bertz CT molecular complexity index is 128. The number of hydrogen-bond acceptors (Lipinski definition) is 3. The Morgan fingerprint density at radius 1 is 1.30 bits per heavy atom. The van der Waals surface area contributed by atoms with Crippen LogP contribution in [0.15, 0.2) is 0 Å². The summed E-state index contributed by atoms with van der Waals surface area (Å²) < 4.78 is 2.47. The molecular weight excluding hydrogens is 144 g/mol. The van der Waals surface area contributed by atoms with Gasteiger partial charge >= 0.3 is 0 Å². The molecule has 0 amide bonds. The monoisotopic (exact) mass is 158 g/mol. The van der Waals surface area contributed by atoms with E-state index in [9.17, 15) is 0 Å². The Kier molecular flexibility index (Phi) is 1.66. The Morgan fingerprint density at radius 2 is 1.90 bits per heavy atom. The van der Waals surface area contributed by atoms with Gasteiger partial charge in [0.2, 0.25) is 0 Å². The molecule has 2 nitrogen and oxygen atoms in total. The molecule has 3 saturated heterocycles. The average Bonchev–Trinajstić information content (AvgIpc) is 2.04. The lowest BCUT2D eigenvalue weighted by molar-refractivity contribution is -0.0177. The van der Waals surface area contributed by atoms with Gasteiger partial charge in [-0.25, -0.2) is 4.31 Å². The Morgan fingerprint density at radius 3 is 2.30 bits per heavy atom. The fourth-order valence-corrected chi connectivity index (χ4v) is 2.55. The molecule has 0 spiro atoms. The average molecular weight is 158 g/mol. The first-order chi connectivity index (χ1) is 4.81. The van der Waals surface area contributed by atoms with E-state index in [1.807, 2.05) is 11.9 Å². The first kappa shape index (κ1) is 6.95. The molecule has 3 aliphatic rings. The molecular formula is C7H14N2S. The van der Waals surface area contributed by atoms with E-state index in [4.69, 9.17) is 0 Å². The van der Waals surface area contributed by atoms with Crippen molar-refractivity contribution < 1.29 is 0 Å². The molecule has 0 radical (unpaired) electrons. The number of fused-ring (bicyclic) bond motifs is 2. The van der Waals surface area contributed by atoms with Crippen LogP contribution in [0.1, 0.15) is 6.42 Å². The zero-order valence-electron chi connectivity index (χ0n) is 6.58. The minimum absolute atomic E-state index is 0.867. The van der Waals surface area contributed by atoms with Crippen molar-refractivity contribution in [3.8, 4) is 0 Å². The molecule has 3 heteroatoms. The summed E-state index contributed by atoms with van der Waals surface area (Å²) in [6.45, 7) is 2.54. The second-order valence-electron chi connectivity index (χ2n) is 3.24. The van der Waals surface area contributed by atoms with E-state index in [2.05, 4.69) is 22.5 Å². The minimum Gasteiger partial charge on any atom is -0.298 e. The number of nitrogens with zero attached hydrogens (tertiary/aromatic N) is 2. The molecule has 3 aliphatic heterocycles. The second-order valence-corrected chi connectivity index (χ2v) is 4.12. The summed E-state index contributed by atoms with van der Waals surface area (Å²) in [5.41, 5.74) is 0. The first-order valence-corrected chi connectivity index (χ1v) is 5.00. The summed E-state index contributed by atoms with van der Waals surface area (Å²) in [5.74, 6) is 0. The third kappa shape index (κ3) is 0.881. The summed E-state index contributed by atoms with van der Waals surface area (Å²) in [4.78, 5) is 2.51. The summed E-state index contributed by atoms with van der Waals surface area (Å²) in [6.07, 6.45) is 3.61. The maximum atomic E-state index is 2.51. The van der Waals surface area contributed by atoms with Crippen LogP contribution in [-0.2, 0) is 0 Å². The molecule has 58 valence electrons. The van der Waals surface area contributed by atoms with E-state index in [0.717, 1.165) is 12.1 Å². The van der Waals surface area contributed by atoms with Gasteiger partial charge in [-0.3, -0.25) is 4.90 Å². The van der Waals surface area contributed by atoms with Crippen molar-refractivity contribution in [3.63, 3.8) is 0 Å². The minimum atomic E-state index is 0.867. The van der Waals surface area contributed by atoms with E-state index in [1.165, 1.54) is 19.5 Å². The highest BCUT2D eigenvalue weighted by atomic mass is 32.2. The summed E-state index contributed by atoms with van der Waals surface area (Å²) in [6, 6.07) is 1.73. The van der Waals surface area contributed by atoms with E-state index in [1.54, 1.807) is 0 Å². The topological polar surface area (TPSA) is 6.48 Å². The Labute approximate surface area is 66.7 Å². The molecule has 2 atom stereocenters. The second kappa shape index (κ2) is 2.40. The lowest BCUT2D eigenvalue weighted by Gasteiger charge is -2.54. The van der Waals surface area contributed by atoms with Crippen molar-refractivity contribution in [1.82, 2.24) is 9.21 Å². The molecule has 2 bridgehead atoms. The van der Waals surface area contributed by atoms with Gasteiger partial charge in [0.15, 0.2) is 0 Å². The van der Waals surface area contributed by atoms with Crippen LogP contribution in [0.2, 0.25) is 0 Å². The maximum absolute atomic E-state index is 2.51. The summed E-state index contributed by atoms with van der Waals surface area (Å²) in [7, 11) is 2.25. The summed E-state index contributed by atoms with van der Waals surface area (Å²) in [5, 5.41) is 0. The van der Waals surface area contributed by atoms with E-state index < -0.39 is 0 Å². The van der Waals surface area contributed by atoms with E-state index in [-0.39, 0.29) is 0 Å². The van der Waals surface area contributed by atoms with Gasteiger partial charge in [0.05, 0.1) is 0 Å². The smallest absolute Gasteiger partial charge is 0.0248 e. The van der Waals surface area contributed by atoms with Crippen LogP contribution in [0, 0.1) is 0 Å². The van der Waals surface area contributed by atoms with Crippen molar-refractivity contribution in [1.29, 1.82) is 0 Å². The molecule has 0 saturated carbocycles. The molecule has 3 fully saturated rings. The van der Waals surface area contributed by atoms with Gasteiger partial charge in [-0.15, -0.1) is 0 Å². The zero-order valence-corrected chi connectivity index (χ0v) is 7.40. The molecule has 0 aromatic heterocycles. The van der Waals surface area contributed by atoms with Crippen LogP contribution in [0.4, 0.5) is 0 Å². The maximum Gasteiger partial charge on any atom is 0.0248 e. The van der Waals surface area contributed by atoms with Crippen molar-refractivity contribution in [2.45, 2.75) is 18.5 Å².